The van der Waals surface area contributed by atoms with Crippen molar-refractivity contribution in [3.8, 4) is 0 Å². The van der Waals surface area contributed by atoms with Crippen molar-refractivity contribution in [2.45, 2.75) is 63.7 Å². The normalized spacial score (nSPS) is 14.8. The molecule has 1 aromatic rings. The molecule has 0 aliphatic carbocycles. The first-order chi connectivity index (χ1) is 17.5. The smallest absolute Gasteiger partial charge is 0.326 e. The highest BCUT2D eigenvalue weighted by Gasteiger charge is 2.32. The molecule has 0 bridgehead atoms. The van der Waals surface area contributed by atoms with Crippen LogP contribution in [0.4, 0.5) is 0 Å². The predicted octanol–water partition coefficient (Wildman–Crippen LogP) is -0.875. The van der Waals surface area contributed by atoms with E-state index in [2.05, 4.69) is 33.6 Å². The lowest BCUT2D eigenvalue weighted by molar-refractivity contribution is -0.142. The molecule has 0 saturated carbocycles. The van der Waals surface area contributed by atoms with E-state index in [0.29, 0.717) is 12.8 Å². The topological polar surface area (TPSA) is 215 Å². The van der Waals surface area contributed by atoms with Gasteiger partial charge in [0.1, 0.15) is 18.1 Å². The third-order valence-corrected chi connectivity index (χ3v) is 6.20. The van der Waals surface area contributed by atoms with Gasteiger partial charge in [-0.25, -0.2) is 4.79 Å². The predicted molar refractivity (Wildman–Crippen MR) is 145 cm³/mol. The molecule has 5 unspecified atom stereocenters. The zero-order chi connectivity index (χ0) is 28.0. The number of hydrogen-bond donors (Lipinski definition) is 8. The summed E-state index contributed by atoms with van der Waals surface area (Å²) in [6, 6.07) is 4.71. The van der Waals surface area contributed by atoms with Crippen molar-refractivity contribution in [2.24, 2.45) is 28.1 Å². The first kappa shape index (κ1) is 31.7. The largest absolute Gasteiger partial charge is 0.480 e. The molecule has 5 atom stereocenters. The summed E-state index contributed by atoms with van der Waals surface area (Å²) in [5, 5.41) is 17.5. The quantitative estimate of drug-likeness (QED) is 0.0572. The first-order valence-corrected chi connectivity index (χ1v) is 12.7. The fourth-order valence-corrected chi connectivity index (χ4v) is 3.57. The molecule has 37 heavy (non-hydrogen) atoms. The van der Waals surface area contributed by atoms with Crippen molar-refractivity contribution >= 4 is 42.3 Å². The maximum Gasteiger partial charge on any atom is 0.326 e. The lowest BCUT2D eigenvalue weighted by Crippen LogP contribution is -2.59. The van der Waals surface area contributed by atoms with Gasteiger partial charge in [0, 0.05) is 18.7 Å². The average molecular weight is 538 g/mol. The molecule has 0 aromatic heterocycles. The van der Waals surface area contributed by atoms with E-state index in [-0.39, 0.29) is 37.0 Å². The van der Waals surface area contributed by atoms with E-state index in [4.69, 9.17) is 17.2 Å². The molecular weight excluding hydrogens is 498 g/mol. The average Bonchev–Trinajstić information content (AvgIpc) is 2.87. The maximum absolute atomic E-state index is 13.2. The Morgan fingerprint density at radius 2 is 1.62 bits per heavy atom. The van der Waals surface area contributed by atoms with E-state index in [0.717, 1.165) is 5.56 Å². The molecule has 0 radical (unpaired) electrons. The molecule has 0 aliphatic rings. The van der Waals surface area contributed by atoms with Gasteiger partial charge < -0.3 is 38.3 Å². The van der Waals surface area contributed by atoms with Crippen molar-refractivity contribution in [1.82, 2.24) is 16.0 Å². The summed E-state index contributed by atoms with van der Waals surface area (Å²) in [4.78, 5) is 54.4. The number of nitrogens with one attached hydrogen (secondary N) is 3. The van der Waals surface area contributed by atoms with Gasteiger partial charge in [-0.3, -0.25) is 19.4 Å². The van der Waals surface area contributed by atoms with E-state index < -0.39 is 47.9 Å². The lowest BCUT2D eigenvalue weighted by atomic mass is 9.96. The molecule has 0 heterocycles. The molecule has 1 aromatic carbocycles. The highest BCUT2D eigenvalue weighted by molar-refractivity contribution is 7.80. The van der Waals surface area contributed by atoms with Crippen LogP contribution >= 0.6 is 12.6 Å². The van der Waals surface area contributed by atoms with E-state index in [1.165, 1.54) is 0 Å². The van der Waals surface area contributed by atoms with Gasteiger partial charge >= 0.3 is 5.97 Å². The second-order valence-corrected chi connectivity index (χ2v) is 9.13. The van der Waals surface area contributed by atoms with Gasteiger partial charge in [-0.15, -0.1) is 0 Å². The number of guanidine groups is 1. The SMILES string of the molecule is CCC(C)C(NC(=O)C(CCCN=C(N)N)NC(=O)C(N)CS)C(=O)NC(Cc1ccccc1)C(=O)O. The number of rotatable bonds is 16. The van der Waals surface area contributed by atoms with Crippen LogP contribution in [-0.4, -0.2) is 71.2 Å². The number of thiol groups is 1. The van der Waals surface area contributed by atoms with Crippen molar-refractivity contribution in [2.75, 3.05) is 12.3 Å². The third-order valence-electron chi connectivity index (χ3n) is 5.80. The fraction of sp³-hybridized carbons (Fsp3) is 0.542. The molecule has 0 fully saturated rings. The van der Waals surface area contributed by atoms with Gasteiger partial charge in [0.25, 0.3) is 0 Å². The number of aliphatic carboxylic acids is 1. The summed E-state index contributed by atoms with van der Waals surface area (Å²) in [7, 11) is 0. The van der Waals surface area contributed by atoms with Crippen molar-refractivity contribution < 1.29 is 24.3 Å². The molecule has 10 N–H and O–H groups in total. The van der Waals surface area contributed by atoms with Gasteiger partial charge in [0.05, 0.1) is 6.04 Å². The summed E-state index contributed by atoms with van der Waals surface area (Å²) in [5.41, 5.74) is 17.1. The Bertz CT molecular complexity index is 927. The standard InChI is InChI=1S/C24H39N7O5S/c1-3-14(2)19(22(34)30-18(23(35)36)12-15-8-5-4-6-9-15)31-21(33)17(10-7-11-28-24(26)27)29-20(32)16(25)13-37/h4-6,8-9,14,16-19,37H,3,7,10-13,25H2,1-2H3,(H,29,32)(H,30,34)(H,31,33)(H,35,36)(H4,26,27,28). The summed E-state index contributed by atoms with van der Waals surface area (Å²) >= 11 is 4.01. The molecule has 0 spiro atoms. The van der Waals surface area contributed by atoms with Crippen LogP contribution in [0.5, 0.6) is 0 Å². The van der Waals surface area contributed by atoms with Gasteiger partial charge in [-0.2, -0.15) is 12.6 Å². The van der Waals surface area contributed by atoms with Crippen LogP contribution < -0.4 is 33.2 Å². The van der Waals surface area contributed by atoms with Crippen LogP contribution in [-0.2, 0) is 25.6 Å². The third kappa shape index (κ3) is 11.5. The highest BCUT2D eigenvalue weighted by Crippen LogP contribution is 2.11. The molecule has 13 heteroatoms. The number of carboxylic acids is 1. The Morgan fingerprint density at radius 1 is 1.00 bits per heavy atom. The van der Waals surface area contributed by atoms with Crippen LogP contribution in [0.1, 0.15) is 38.7 Å². The van der Waals surface area contributed by atoms with E-state index in [1.54, 1.807) is 31.2 Å². The minimum atomic E-state index is -1.20. The first-order valence-electron chi connectivity index (χ1n) is 12.1. The Balaban J connectivity index is 3.03. The van der Waals surface area contributed by atoms with E-state index in [9.17, 15) is 24.3 Å². The molecule has 3 amide bonds. The van der Waals surface area contributed by atoms with Gasteiger partial charge in [-0.1, -0.05) is 50.6 Å². The maximum atomic E-state index is 13.2. The zero-order valence-corrected chi connectivity index (χ0v) is 22.1. The molecule has 0 aliphatic heterocycles. The van der Waals surface area contributed by atoms with Crippen LogP contribution in [0.3, 0.4) is 0 Å². The number of nitrogens with two attached hydrogens (primary N) is 3. The lowest BCUT2D eigenvalue weighted by Gasteiger charge is -2.28. The Morgan fingerprint density at radius 3 is 2.16 bits per heavy atom. The summed E-state index contributed by atoms with van der Waals surface area (Å²) in [6.45, 7) is 3.84. The fourth-order valence-electron chi connectivity index (χ4n) is 3.40. The number of carboxylic acid groups (broad SMARTS) is 1. The van der Waals surface area contributed by atoms with E-state index in [1.807, 2.05) is 13.0 Å². The summed E-state index contributed by atoms with van der Waals surface area (Å²) < 4.78 is 0. The van der Waals surface area contributed by atoms with Crippen LogP contribution in [0.2, 0.25) is 0 Å². The van der Waals surface area contributed by atoms with Crippen LogP contribution in [0, 0.1) is 5.92 Å². The van der Waals surface area contributed by atoms with Gasteiger partial charge in [0.2, 0.25) is 17.7 Å². The number of carbonyl (C=O) groups excluding carboxylic acids is 3. The van der Waals surface area contributed by atoms with E-state index >= 15 is 0 Å². The Labute approximate surface area is 222 Å². The number of amides is 3. The summed E-state index contributed by atoms with van der Waals surface area (Å²) in [6.07, 6.45) is 1.15. The molecule has 1 rings (SSSR count). The minimum Gasteiger partial charge on any atom is -0.480 e. The zero-order valence-electron chi connectivity index (χ0n) is 21.2. The number of benzene rings is 1. The van der Waals surface area contributed by atoms with Crippen LogP contribution in [0.25, 0.3) is 0 Å². The molecular formula is C24H39N7O5S. The highest BCUT2D eigenvalue weighted by atomic mass is 32.1. The van der Waals surface area contributed by atoms with Crippen molar-refractivity contribution in [1.29, 1.82) is 0 Å². The molecule has 206 valence electrons. The molecule has 0 saturated heterocycles. The second-order valence-electron chi connectivity index (χ2n) is 8.76. The monoisotopic (exact) mass is 537 g/mol. The van der Waals surface area contributed by atoms with Crippen LogP contribution in [0.15, 0.2) is 35.3 Å². The van der Waals surface area contributed by atoms with Gasteiger partial charge in [0.15, 0.2) is 5.96 Å². The minimum absolute atomic E-state index is 0.0735. The number of hydrogen-bond acceptors (Lipinski definition) is 7. The number of nitrogens with zero attached hydrogens (tertiary/aromatic N) is 1. The van der Waals surface area contributed by atoms with Crippen molar-refractivity contribution in [3.63, 3.8) is 0 Å². The Kier molecular flexibility index (Phi) is 14.1. The van der Waals surface area contributed by atoms with Gasteiger partial charge in [-0.05, 0) is 24.3 Å². The Hall–Kier alpha value is -3.32. The molecule has 12 nitrogen and oxygen atoms in total. The summed E-state index contributed by atoms with van der Waals surface area (Å²) in [5.74, 6) is -3.37. The second kappa shape index (κ2) is 16.4. The van der Waals surface area contributed by atoms with Crippen molar-refractivity contribution in [3.05, 3.63) is 35.9 Å². The number of aliphatic imine (C=N–C) groups is 1. The number of carbonyl (C=O) groups is 4.